The van der Waals surface area contributed by atoms with Crippen molar-refractivity contribution < 1.29 is 24.2 Å². The standard InChI is InChI=1S/C22H26ClNO5/c1-22(2,21(27)28-15-13-24(3)12-14-25)29-19-10-6-17(7-11-19)20(26)16-4-8-18(23)9-5-16/h4-11,25H,12-15H2,1-3H3. The van der Waals surface area contributed by atoms with Crippen LogP contribution in [0.15, 0.2) is 48.5 Å². The molecule has 2 rings (SSSR count). The summed E-state index contributed by atoms with van der Waals surface area (Å²) in [5, 5.41) is 9.44. The second kappa shape index (κ2) is 10.4. The molecule has 0 atom stereocenters. The van der Waals surface area contributed by atoms with Crippen molar-refractivity contribution in [3.63, 3.8) is 0 Å². The van der Waals surface area contributed by atoms with E-state index in [1.165, 1.54) is 0 Å². The predicted molar refractivity (Wildman–Crippen MR) is 112 cm³/mol. The molecule has 0 amide bonds. The molecule has 0 aliphatic heterocycles. The number of carbonyl (C=O) groups excluding carboxylic acids is 2. The van der Waals surface area contributed by atoms with Gasteiger partial charge in [-0.25, -0.2) is 4.79 Å². The van der Waals surface area contributed by atoms with Gasteiger partial charge in [-0.2, -0.15) is 0 Å². The molecular weight excluding hydrogens is 394 g/mol. The van der Waals surface area contributed by atoms with Crippen LogP contribution < -0.4 is 4.74 Å². The summed E-state index contributed by atoms with van der Waals surface area (Å²) < 4.78 is 11.0. The molecule has 1 N–H and O–H groups in total. The van der Waals surface area contributed by atoms with E-state index in [2.05, 4.69) is 0 Å². The summed E-state index contributed by atoms with van der Waals surface area (Å²) in [5.41, 5.74) is -0.137. The topological polar surface area (TPSA) is 76.1 Å². The Morgan fingerprint density at radius 1 is 1.00 bits per heavy atom. The van der Waals surface area contributed by atoms with Crippen molar-refractivity contribution in [1.82, 2.24) is 4.90 Å². The average Bonchev–Trinajstić information content (AvgIpc) is 2.68. The highest BCUT2D eigenvalue weighted by Gasteiger charge is 2.32. The van der Waals surface area contributed by atoms with Crippen LogP contribution in [0.5, 0.6) is 5.75 Å². The Morgan fingerprint density at radius 2 is 1.55 bits per heavy atom. The molecule has 0 radical (unpaired) electrons. The summed E-state index contributed by atoms with van der Waals surface area (Å²) in [5.74, 6) is -0.160. The smallest absolute Gasteiger partial charge is 0.349 e. The normalized spacial score (nSPS) is 11.4. The van der Waals surface area contributed by atoms with E-state index >= 15 is 0 Å². The van der Waals surface area contributed by atoms with E-state index in [0.29, 0.717) is 35.0 Å². The maximum absolute atomic E-state index is 12.5. The van der Waals surface area contributed by atoms with Gasteiger partial charge in [-0.3, -0.25) is 4.79 Å². The van der Waals surface area contributed by atoms with Crippen molar-refractivity contribution >= 4 is 23.4 Å². The molecule has 7 heteroatoms. The summed E-state index contributed by atoms with van der Waals surface area (Å²) in [7, 11) is 1.83. The number of likely N-dealkylation sites (N-methyl/N-ethyl adjacent to an activating group) is 1. The number of ether oxygens (including phenoxy) is 2. The highest BCUT2D eigenvalue weighted by molar-refractivity contribution is 6.30. The summed E-state index contributed by atoms with van der Waals surface area (Å²) in [6.07, 6.45) is 0. The van der Waals surface area contributed by atoms with Gasteiger partial charge in [0.1, 0.15) is 12.4 Å². The van der Waals surface area contributed by atoms with Gasteiger partial charge in [0.15, 0.2) is 11.4 Å². The number of rotatable bonds is 10. The number of carbonyl (C=O) groups is 2. The molecule has 0 aliphatic carbocycles. The van der Waals surface area contributed by atoms with E-state index in [1.54, 1.807) is 62.4 Å². The van der Waals surface area contributed by atoms with Gasteiger partial charge in [0, 0.05) is 29.2 Å². The molecule has 0 spiro atoms. The Kier molecular flexibility index (Phi) is 8.20. The Morgan fingerprint density at radius 3 is 2.10 bits per heavy atom. The van der Waals surface area contributed by atoms with E-state index in [4.69, 9.17) is 26.2 Å². The fourth-order valence-electron chi connectivity index (χ4n) is 2.53. The van der Waals surface area contributed by atoms with Crippen LogP contribution in [-0.4, -0.2) is 60.7 Å². The van der Waals surface area contributed by atoms with Crippen molar-refractivity contribution in [2.24, 2.45) is 0 Å². The van der Waals surface area contributed by atoms with Gasteiger partial charge in [-0.05, 0) is 69.4 Å². The van der Waals surface area contributed by atoms with Gasteiger partial charge in [0.2, 0.25) is 0 Å². The lowest BCUT2D eigenvalue weighted by molar-refractivity contribution is -0.159. The lowest BCUT2D eigenvalue weighted by Crippen LogP contribution is -2.41. The fourth-order valence-corrected chi connectivity index (χ4v) is 2.66. The van der Waals surface area contributed by atoms with Crippen molar-refractivity contribution in [2.75, 3.05) is 33.4 Å². The number of aliphatic hydroxyl groups excluding tert-OH is 1. The summed E-state index contributed by atoms with van der Waals surface area (Å²) in [6, 6.07) is 13.3. The molecule has 0 saturated heterocycles. The van der Waals surface area contributed by atoms with Gasteiger partial charge in [-0.1, -0.05) is 11.6 Å². The van der Waals surface area contributed by atoms with Crippen LogP contribution in [0.1, 0.15) is 29.8 Å². The second-order valence-corrected chi connectivity index (χ2v) is 7.57. The minimum absolute atomic E-state index is 0.0512. The monoisotopic (exact) mass is 419 g/mol. The van der Waals surface area contributed by atoms with Gasteiger partial charge in [0.05, 0.1) is 6.61 Å². The number of halogens is 1. The molecule has 0 bridgehead atoms. The minimum atomic E-state index is -1.18. The van der Waals surface area contributed by atoms with Crippen molar-refractivity contribution in [1.29, 1.82) is 0 Å². The summed E-state index contributed by atoms with van der Waals surface area (Å²) in [6.45, 7) is 4.54. The second-order valence-electron chi connectivity index (χ2n) is 7.14. The van der Waals surface area contributed by atoms with Gasteiger partial charge < -0.3 is 19.5 Å². The molecule has 6 nitrogen and oxygen atoms in total. The van der Waals surface area contributed by atoms with Crippen LogP contribution in [0.3, 0.4) is 0 Å². The number of hydrogen-bond acceptors (Lipinski definition) is 6. The zero-order valence-electron chi connectivity index (χ0n) is 16.9. The van der Waals surface area contributed by atoms with Crippen LogP contribution in [0.2, 0.25) is 5.02 Å². The SMILES string of the molecule is CN(CCO)CCOC(=O)C(C)(C)Oc1ccc(C(=O)c2ccc(Cl)cc2)cc1. The first kappa shape index (κ1) is 22.9. The van der Waals surface area contributed by atoms with Crippen LogP contribution in [0.25, 0.3) is 0 Å². The fraction of sp³-hybridized carbons (Fsp3) is 0.364. The van der Waals surface area contributed by atoms with Crippen LogP contribution in [-0.2, 0) is 9.53 Å². The van der Waals surface area contributed by atoms with E-state index in [-0.39, 0.29) is 19.0 Å². The van der Waals surface area contributed by atoms with Crippen LogP contribution in [0.4, 0.5) is 0 Å². The first-order chi connectivity index (χ1) is 13.7. The highest BCUT2D eigenvalue weighted by atomic mass is 35.5. The van der Waals surface area contributed by atoms with Gasteiger partial charge in [-0.15, -0.1) is 0 Å². The number of hydrogen-bond donors (Lipinski definition) is 1. The third-order valence-electron chi connectivity index (χ3n) is 4.28. The summed E-state index contributed by atoms with van der Waals surface area (Å²) in [4.78, 5) is 26.7. The zero-order chi connectivity index (χ0) is 21.4. The van der Waals surface area contributed by atoms with E-state index in [0.717, 1.165) is 0 Å². The lowest BCUT2D eigenvalue weighted by atomic mass is 10.0. The number of esters is 1. The molecule has 156 valence electrons. The Labute approximate surface area is 176 Å². The summed E-state index contributed by atoms with van der Waals surface area (Å²) >= 11 is 5.85. The third-order valence-corrected chi connectivity index (χ3v) is 4.53. The number of benzene rings is 2. The molecule has 0 unspecified atom stereocenters. The van der Waals surface area contributed by atoms with E-state index < -0.39 is 11.6 Å². The van der Waals surface area contributed by atoms with Crippen molar-refractivity contribution in [3.8, 4) is 5.75 Å². The zero-order valence-corrected chi connectivity index (χ0v) is 17.6. The lowest BCUT2D eigenvalue weighted by Gasteiger charge is -2.25. The number of nitrogens with zero attached hydrogens (tertiary/aromatic N) is 1. The first-order valence-electron chi connectivity index (χ1n) is 9.29. The minimum Gasteiger partial charge on any atom is -0.476 e. The largest absolute Gasteiger partial charge is 0.476 e. The molecule has 0 aromatic heterocycles. The maximum Gasteiger partial charge on any atom is 0.349 e. The van der Waals surface area contributed by atoms with E-state index in [1.807, 2.05) is 11.9 Å². The average molecular weight is 420 g/mol. The van der Waals surface area contributed by atoms with Crippen molar-refractivity contribution in [2.45, 2.75) is 19.4 Å². The Balaban J connectivity index is 1.94. The number of ketones is 1. The molecule has 0 saturated carbocycles. The van der Waals surface area contributed by atoms with Crippen LogP contribution >= 0.6 is 11.6 Å². The van der Waals surface area contributed by atoms with Crippen LogP contribution in [0, 0.1) is 0 Å². The molecule has 2 aromatic rings. The van der Waals surface area contributed by atoms with Crippen molar-refractivity contribution in [3.05, 3.63) is 64.7 Å². The molecule has 2 aromatic carbocycles. The maximum atomic E-state index is 12.5. The first-order valence-corrected chi connectivity index (χ1v) is 9.66. The molecule has 0 aliphatic rings. The molecule has 29 heavy (non-hydrogen) atoms. The van der Waals surface area contributed by atoms with Gasteiger partial charge in [0.25, 0.3) is 0 Å². The van der Waals surface area contributed by atoms with E-state index in [9.17, 15) is 9.59 Å². The Bertz CT molecular complexity index is 818. The Hall–Kier alpha value is -2.41. The molecule has 0 heterocycles. The van der Waals surface area contributed by atoms with Gasteiger partial charge >= 0.3 is 5.97 Å². The molecule has 0 fully saturated rings. The molecular formula is C22H26ClNO5. The third kappa shape index (κ3) is 6.85. The predicted octanol–water partition coefficient (Wildman–Crippen LogP) is 3.20. The quantitative estimate of drug-likeness (QED) is 0.471. The number of aliphatic hydroxyl groups is 1. The highest BCUT2D eigenvalue weighted by Crippen LogP contribution is 2.22.